The van der Waals surface area contributed by atoms with Crippen LogP contribution in [0.2, 0.25) is 0 Å². The lowest BCUT2D eigenvalue weighted by Gasteiger charge is -2.38. The number of amides is 1. The first-order chi connectivity index (χ1) is 15.9. The number of fused-ring (bicyclic) bond motifs is 1. The van der Waals surface area contributed by atoms with Gasteiger partial charge in [-0.25, -0.2) is 4.68 Å². The van der Waals surface area contributed by atoms with Gasteiger partial charge in [-0.1, -0.05) is 30.3 Å². The van der Waals surface area contributed by atoms with Crippen molar-refractivity contribution in [2.24, 2.45) is 0 Å². The van der Waals surface area contributed by atoms with Crippen LogP contribution in [0.1, 0.15) is 22.1 Å². The lowest BCUT2D eigenvalue weighted by atomic mass is 10.0. The maximum atomic E-state index is 13.5. The number of anilines is 1. The van der Waals surface area contributed by atoms with Crippen LogP contribution in [0, 0.1) is 0 Å². The van der Waals surface area contributed by atoms with Crippen LogP contribution in [0.4, 0.5) is 18.9 Å². The van der Waals surface area contributed by atoms with Gasteiger partial charge in [-0.05, 0) is 36.4 Å². The molecule has 3 heterocycles. The molecule has 0 saturated carbocycles. The average Bonchev–Trinajstić information content (AvgIpc) is 3.27. The summed E-state index contributed by atoms with van der Waals surface area (Å²) in [7, 11) is 0. The first kappa shape index (κ1) is 20.7. The van der Waals surface area contributed by atoms with Crippen LogP contribution >= 0.6 is 0 Å². The second kappa shape index (κ2) is 8.09. The summed E-state index contributed by atoms with van der Waals surface area (Å²) in [4.78, 5) is 18.0. The van der Waals surface area contributed by atoms with Gasteiger partial charge in [0.1, 0.15) is 12.7 Å². The van der Waals surface area contributed by atoms with E-state index in [0.717, 1.165) is 10.6 Å². The van der Waals surface area contributed by atoms with Gasteiger partial charge in [-0.2, -0.15) is 18.3 Å². The number of hydrogen-bond donors (Lipinski definition) is 1. The molecular formula is C24H18F3N5O. The Morgan fingerprint density at radius 3 is 2.36 bits per heavy atom. The number of nitrogens with zero attached hydrogens (tertiary/aromatic N) is 4. The fourth-order valence-corrected chi connectivity index (χ4v) is 3.93. The number of aromatic nitrogens is 3. The van der Waals surface area contributed by atoms with Gasteiger partial charge in [0, 0.05) is 35.4 Å². The largest absolute Gasteiger partial charge is 0.406 e. The number of alkyl halides is 3. The molecule has 0 bridgehead atoms. The molecule has 166 valence electrons. The summed E-state index contributed by atoms with van der Waals surface area (Å²) in [6, 6.07) is 19.2. The fourth-order valence-electron chi connectivity index (χ4n) is 3.93. The molecule has 1 aliphatic rings. The number of para-hydroxylation sites is 2. The number of carbonyl (C=O) groups excluding carboxylic acids is 1. The molecule has 2 aromatic heterocycles. The monoisotopic (exact) mass is 449 g/mol. The van der Waals surface area contributed by atoms with E-state index in [1.807, 2.05) is 30.3 Å². The van der Waals surface area contributed by atoms with E-state index in [4.69, 9.17) is 0 Å². The van der Waals surface area contributed by atoms with Crippen LogP contribution < -0.4 is 5.32 Å². The molecule has 0 radical (unpaired) electrons. The molecule has 1 unspecified atom stereocenters. The van der Waals surface area contributed by atoms with Crippen LogP contribution in [0.5, 0.6) is 0 Å². The Kier molecular flexibility index (Phi) is 5.08. The number of rotatable bonds is 4. The third-order valence-electron chi connectivity index (χ3n) is 5.38. The number of halogens is 3. The van der Waals surface area contributed by atoms with E-state index in [1.54, 1.807) is 53.6 Å². The van der Waals surface area contributed by atoms with Gasteiger partial charge < -0.3 is 10.2 Å². The summed E-state index contributed by atoms with van der Waals surface area (Å²) in [5.74, 6) is -0.695. The molecule has 1 atom stereocenters. The lowest BCUT2D eigenvalue weighted by Crippen LogP contribution is -2.47. The van der Waals surface area contributed by atoms with Crippen molar-refractivity contribution in [3.05, 3.63) is 96.4 Å². The van der Waals surface area contributed by atoms with Crippen molar-refractivity contribution in [1.29, 1.82) is 0 Å². The molecule has 4 aromatic rings. The molecule has 5 rings (SSSR count). The average molecular weight is 449 g/mol. The summed E-state index contributed by atoms with van der Waals surface area (Å²) in [5, 5.41) is 7.79. The van der Waals surface area contributed by atoms with Crippen LogP contribution in [-0.2, 0) is 0 Å². The van der Waals surface area contributed by atoms with Crippen LogP contribution in [0.3, 0.4) is 0 Å². The van der Waals surface area contributed by atoms with Crippen molar-refractivity contribution in [2.45, 2.75) is 12.3 Å². The van der Waals surface area contributed by atoms with E-state index in [0.29, 0.717) is 22.5 Å². The Balaban J connectivity index is 1.68. The molecule has 1 aliphatic heterocycles. The SMILES string of the molecule is O=C1c2ccccc2NC(c2cn(-c3ccccc3)nc2-c2ccncc2)N1CC(F)(F)F. The predicted molar refractivity (Wildman–Crippen MR) is 117 cm³/mol. The van der Waals surface area contributed by atoms with E-state index in [1.165, 1.54) is 6.07 Å². The van der Waals surface area contributed by atoms with Crippen molar-refractivity contribution >= 4 is 11.6 Å². The van der Waals surface area contributed by atoms with Crippen molar-refractivity contribution in [2.75, 3.05) is 11.9 Å². The molecule has 0 fully saturated rings. The van der Waals surface area contributed by atoms with Crippen molar-refractivity contribution in [3.8, 4) is 16.9 Å². The number of pyridine rings is 1. The highest BCUT2D eigenvalue weighted by Crippen LogP contribution is 2.38. The van der Waals surface area contributed by atoms with E-state index in [-0.39, 0.29) is 5.56 Å². The highest BCUT2D eigenvalue weighted by molar-refractivity contribution is 6.02. The zero-order chi connectivity index (χ0) is 23.0. The Bertz CT molecular complexity index is 1290. The summed E-state index contributed by atoms with van der Waals surface area (Å²) in [6.07, 6.45) is -0.817. The predicted octanol–water partition coefficient (Wildman–Crippen LogP) is 5.06. The topological polar surface area (TPSA) is 63.1 Å². The van der Waals surface area contributed by atoms with Crippen molar-refractivity contribution in [3.63, 3.8) is 0 Å². The minimum atomic E-state index is -4.58. The van der Waals surface area contributed by atoms with Gasteiger partial charge in [0.25, 0.3) is 5.91 Å². The summed E-state index contributed by atoms with van der Waals surface area (Å²) in [6.45, 7) is -1.40. The highest BCUT2D eigenvalue weighted by atomic mass is 19.4. The molecule has 33 heavy (non-hydrogen) atoms. The van der Waals surface area contributed by atoms with E-state index < -0.39 is 24.8 Å². The Morgan fingerprint density at radius 2 is 1.64 bits per heavy atom. The third-order valence-corrected chi connectivity index (χ3v) is 5.38. The minimum absolute atomic E-state index is 0.193. The Labute approximate surface area is 187 Å². The normalized spacial score (nSPS) is 15.8. The van der Waals surface area contributed by atoms with Crippen LogP contribution in [0.15, 0.2) is 85.3 Å². The summed E-state index contributed by atoms with van der Waals surface area (Å²) in [5.41, 5.74) is 2.98. The van der Waals surface area contributed by atoms with Crippen LogP contribution in [0.25, 0.3) is 16.9 Å². The highest BCUT2D eigenvalue weighted by Gasteiger charge is 2.42. The van der Waals surface area contributed by atoms with Gasteiger partial charge >= 0.3 is 6.18 Å². The van der Waals surface area contributed by atoms with Gasteiger partial charge in [0.15, 0.2) is 0 Å². The number of nitrogens with one attached hydrogen (secondary N) is 1. The zero-order valence-electron chi connectivity index (χ0n) is 17.2. The molecule has 1 amide bonds. The molecule has 0 aliphatic carbocycles. The van der Waals surface area contributed by atoms with E-state index >= 15 is 0 Å². The quantitative estimate of drug-likeness (QED) is 0.473. The third kappa shape index (κ3) is 4.05. The lowest BCUT2D eigenvalue weighted by molar-refractivity contribution is -0.144. The van der Waals surface area contributed by atoms with E-state index in [2.05, 4.69) is 15.4 Å². The number of carbonyl (C=O) groups is 1. The minimum Gasteiger partial charge on any atom is -0.361 e. The summed E-state index contributed by atoms with van der Waals surface area (Å²) >= 11 is 0. The van der Waals surface area contributed by atoms with Gasteiger partial charge in [-0.15, -0.1) is 0 Å². The van der Waals surface area contributed by atoms with Gasteiger partial charge in [0.05, 0.1) is 16.9 Å². The maximum Gasteiger partial charge on any atom is 0.406 e. The van der Waals surface area contributed by atoms with E-state index in [9.17, 15) is 18.0 Å². The second-order valence-electron chi connectivity index (χ2n) is 7.59. The fraction of sp³-hybridized carbons (Fsp3) is 0.125. The Morgan fingerprint density at radius 1 is 0.939 bits per heavy atom. The molecule has 0 spiro atoms. The number of benzene rings is 2. The molecule has 6 nitrogen and oxygen atoms in total. The second-order valence-corrected chi connectivity index (χ2v) is 7.59. The molecule has 1 N–H and O–H groups in total. The van der Waals surface area contributed by atoms with Crippen molar-refractivity contribution in [1.82, 2.24) is 19.7 Å². The van der Waals surface area contributed by atoms with Gasteiger partial charge in [0.2, 0.25) is 0 Å². The standard InChI is InChI=1S/C24H18F3N5O/c25-24(26,27)15-31-22(29-20-9-5-4-8-18(20)23(31)33)19-14-32(17-6-2-1-3-7-17)30-21(19)16-10-12-28-13-11-16/h1-14,22,29H,15H2. The zero-order valence-corrected chi connectivity index (χ0v) is 17.2. The maximum absolute atomic E-state index is 13.5. The molecule has 2 aromatic carbocycles. The molecular weight excluding hydrogens is 431 g/mol. The van der Waals surface area contributed by atoms with Crippen molar-refractivity contribution < 1.29 is 18.0 Å². The first-order valence-corrected chi connectivity index (χ1v) is 10.2. The molecule has 9 heteroatoms. The smallest absolute Gasteiger partial charge is 0.361 e. The Hall–Kier alpha value is -4.14. The summed E-state index contributed by atoms with van der Waals surface area (Å²) < 4.78 is 42.2. The number of hydrogen-bond acceptors (Lipinski definition) is 4. The first-order valence-electron chi connectivity index (χ1n) is 10.2. The van der Waals surface area contributed by atoms with Crippen LogP contribution in [-0.4, -0.2) is 38.3 Å². The van der Waals surface area contributed by atoms with Gasteiger partial charge in [-0.3, -0.25) is 9.78 Å². The molecule has 0 saturated heterocycles.